The summed E-state index contributed by atoms with van der Waals surface area (Å²) in [5.41, 5.74) is -0.671. The molecule has 0 N–H and O–H groups in total. The molecule has 0 aromatic rings. The molecule has 3 nitrogen and oxygen atoms in total. The molecule has 0 aliphatic heterocycles. The van der Waals surface area contributed by atoms with Gasteiger partial charge in [-0.3, -0.25) is 9.59 Å². The van der Waals surface area contributed by atoms with Crippen LogP contribution in [-0.4, -0.2) is 18.9 Å². The quantitative estimate of drug-likeness (QED) is 0.465. The Morgan fingerprint density at radius 1 is 1.50 bits per heavy atom. The van der Waals surface area contributed by atoms with E-state index >= 15 is 0 Å². The second-order valence-electron chi connectivity index (χ2n) is 4.81. The van der Waals surface area contributed by atoms with Crippen LogP contribution in [0.4, 0.5) is 0 Å². The molecule has 1 unspecified atom stereocenters. The van der Waals surface area contributed by atoms with E-state index in [0.717, 1.165) is 12.8 Å². The van der Waals surface area contributed by atoms with Crippen molar-refractivity contribution in [2.45, 2.75) is 25.7 Å². The number of rotatable bonds is 1. The summed E-state index contributed by atoms with van der Waals surface area (Å²) in [6.07, 6.45) is 3.97. The van der Waals surface area contributed by atoms with Crippen LogP contribution in [-0.2, 0) is 14.3 Å². The number of ketones is 1. The summed E-state index contributed by atoms with van der Waals surface area (Å²) in [6.45, 7) is 0. The van der Waals surface area contributed by atoms with E-state index in [4.69, 9.17) is 4.74 Å². The molecule has 14 heavy (non-hydrogen) atoms. The second-order valence-corrected chi connectivity index (χ2v) is 4.81. The maximum atomic E-state index is 11.9. The van der Waals surface area contributed by atoms with E-state index in [9.17, 15) is 9.59 Å². The van der Waals surface area contributed by atoms with Crippen molar-refractivity contribution in [1.29, 1.82) is 0 Å². The van der Waals surface area contributed by atoms with E-state index in [1.165, 1.54) is 13.5 Å². The molecule has 4 atom stereocenters. The molecule has 3 aliphatic rings. The van der Waals surface area contributed by atoms with Crippen molar-refractivity contribution in [3.8, 4) is 0 Å². The van der Waals surface area contributed by atoms with Crippen LogP contribution in [0.3, 0.4) is 0 Å². The molecular weight excluding hydrogens is 180 g/mol. The van der Waals surface area contributed by atoms with Gasteiger partial charge in [0.15, 0.2) is 5.78 Å². The van der Waals surface area contributed by atoms with Gasteiger partial charge in [-0.15, -0.1) is 0 Å². The maximum absolute atomic E-state index is 11.9. The number of ether oxygens (including phenoxy) is 1. The number of hydrogen-bond acceptors (Lipinski definition) is 3. The molecule has 0 radical (unpaired) electrons. The average Bonchev–Trinajstić information content (AvgIpc) is 2.77. The molecule has 0 amide bonds. The van der Waals surface area contributed by atoms with Crippen LogP contribution in [0.2, 0.25) is 0 Å². The molecule has 3 fully saturated rings. The topological polar surface area (TPSA) is 43.4 Å². The summed E-state index contributed by atoms with van der Waals surface area (Å²) >= 11 is 0. The van der Waals surface area contributed by atoms with Crippen molar-refractivity contribution >= 4 is 11.8 Å². The third-order valence-electron chi connectivity index (χ3n) is 4.47. The molecular formula is C11H14O3. The van der Waals surface area contributed by atoms with Gasteiger partial charge in [0.1, 0.15) is 5.41 Å². The van der Waals surface area contributed by atoms with Crippen molar-refractivity contribution in [2.75, 3.05) is 7.11 Å². The van der Waals surface area contributed by atoms with E-state index in [1.54, 1.807) is 0 Å². The zero-order valence-corrected chi connectivity index (χ0v) is 8.29. The third kappa shape index (κ3) is 0.677. The summed E-state index contributed by atoms with van der Waals surface area (Å²) in [4.78, 5) is 23.5. The summed E-state index contributed by atoms with van der Waals surface area (Å²) in [5.74, 6) is 1.05. The van der Waals surface area contributed by atoms with Crippen LogP contribution in [0, 0.1) is 23.2 Å². The molecule has 76 valence electrons. The second kappa shape index (κ2) is 2.38. The van der Waals surface area contributed by atoms with Crippen molar-refractivity contribution in [3.63, 3.8) is 0 Å². The Labute approximate surface area is 82.8 Å². The Bertz CT molecular complexity index is 312. The van der Waals surface area contributed by atoms with E-state index in [0.29, 0.717) is 24.2 Å². The molecule has 0 spiro atoms. The number of carbonyl (C=O) groups is 2. The SMILES string of the molecule is COC(=O)[C@@]12C(=O)C[C@H]3CCC[C@@H]1C32. The number of esters is 1. The van der Waals surface area contributed by atoms with Gasteiger partial charge in [-0.05, 0) is 30.6 Å². The Hall–Kier alpha value is -0.860. The van der Waals surface area contributed by atoms with Gasteiger partial charge >= 0.3 is 5.97 Å². The normalized spacial score (nSPS) is 48.6. The third-order valence-corrected chi connectivity index (χ3v) is 4.47. The monoisotopic (exact) mass is 194 g/mol. The first kappa shape index (κ1) is 8.45. The minimum atomic E-state index is -0.671. The highest BCUT2D eigenvalue weighted by Crippen LogP contribution is 2.73. The van der Waals surface area contributed by atoms with Crippen LogP contribution in [0.5, 0.6) is 0 Å². The van der Waals surface area contributed by atoms with Crippen LogP contribution in [0.15, 0.2) is 0 Å². The van der Waals surface area contributed by atoms with Crippen molar-refractivity contribution < 1.29 is 14.3 Å². The van der Waals surface area contributed by atoms with Crippen molar-refractivity contribution in [3.05, 3.63) is 0 Å². The van der Waals surface area contributed by atoms with Gasteiger partial charge in [0.2, 0.25) is 0 Å². The maximum Gasteiger partial charge on any atom is 0.319 e. The largest absolute Gasteiger partial charge is 0.468 e. The van der Waals surface area contributed by atoms with Gasteiger partial charge in [-0.2, -0.15) is 0 Å². The van der Waals surface area contributed by atoms with Gasteiger partial charge in [0, 0.05) is 6.42 Å². The molecule has 0 saturated heterocycles. The smallest absolute Gasteiger partial charge is 0.319 e. The van der Waals surface area contributed by atoms with Gasteiger partial charge < -0.3 is 4.74 Å². The minimum Gasteiger partial charge on any atom is -0.468 e. The Morgan fingerprint density at radius 2 is 2.29 bits per heavy atom. The highest BCUT2D eigenvalue weighted by molar-refractivity contribution is 6.10. The number of methoxy groups -OCH3 is 1. The molecule has 0 aromatic carbocycles. The lowest BCUT2D eigenvalue weighted by molar-refractivity contribution is -0.151. The average molecular weight is 194 g/mol. The lowest BCUT2D eigenvalue weighted by atomic mass is 9.85. The lowest BCUT2D eigenvalue weighted by Crippen LogP contribution is -2.28. The molecule has 3 saturated carbocycles. The van der Waals surface area contributed by atoms with Crippen LogP contribution in [0.25, 0.3) is 0 Å². The van der Waals surface area contributed by atoms with E-state index in [1.807, 2.05) is 0 Å². The van der Waals surface area contributed by atoms with Crippen LogP contribution in [0.1, 0.15) is 25.7 Å². The first-order valence-corrected chi connectivity index (χ1v) is 5.34. The fraction of sp³-hybridized carbons (Fsp3) is 0.818. The zero-order valence-electron chi connectivity index (χ0n) is 8.29. The highest BCUT2D eigenvalue weighted by atomic mass is 16.5. The summed E-state index contributed by atoms with van der Waals surface area (Å²) in [6, 6.07) is 0. The summed E-state index contributed by atoms with van der Waals surface area (Å²) in [5, 5.41) is 0. The first-order chi connectivity index (χ1) is 6.72. The first-order valence-electron chi connectivity index (χ1n) is 5.34. The highest BCUT2D eigenvalue weighted by Gasteiger charge is 2.80. The molecule has 3 heteroatoms. The van der Waals surface area contributed by atoms with E-state index < -0.39 is 5.41 Å². The molecule has 0 heterocycles. The Kier molecular flexibility index (Phi) is 1.44. The zero-order chi connectivity index (χ0) is 9.92. The van der Waals surface area contributed by atoms with Gasteiger partial charge in [0.05, 0.1) is 7.11 Å². The summed E-state index contributed by atoms with van der Waals surface area (Å²) in [7, 11) is 1.39. The van der Waals surface area contributed by atoms with Crippen LogP contribution >= 0.6 is 0 Å². The van der Waals surface area contributed by atoms with Crippen molar-refractivity contribution in [2.24, 2.45) is 23.2 Å². The summed E-state index contributed by atoms with van der Waals surface area (Å²) < 4.78 is 4.80. The predicted octanol–water partition coefficient (Wildman–Crippen LogP) is 1.16. The minimum absolute atomic E-state index is 0.157. The number of carbonyl (C=O) groups excluding carboxylic acids is 2. The lowest BCUT2D eigenvalue weighted by Gasteiger charge is -2.19. The fourth-order valence-electron chi connectivity index (χ4n) is 3.97. The number of fused-ring (bicyclic) bond motifs is 1. The fourth-order valence-corrected chi connectivity index (χ4v) is 3.97. The number of hydrogen-bond donors (Lipinski definition) is 0. The van der Waals surface area contributed by atoms with Gasteiger partial charge in [-0.1, -0.05) is 6.42 Å². The van der Waals surface area contributed by atoms with E-state index in [-0.39, 0.29) is 11.8 Å². The Balaban J connectivity index is 2.00. The molecule has 0 aromatic heterocycles. The standard InChI is InChI=1S/C11H14O3/c1-14-10(13)11-7-4-2-3-6(9(7)11)5-8(11)12/h6-7,9H,2-5H2,1H3/t6-,7-,9?,11-/m1/s1. The Morgan fingerprint density at radius 3 is 2.93 bits per heavy atom. The predicted molar refractivity (Wildman–Crippen MR) is 48.4 cm³/mol. The molecule has 3 rings (SSSR count). The van der Waals surface area contributed by atoms with Crippen LogP contribution < -0.4 is 0 Å². The molecule has 3 aliphatic carbocycles. The van der Waals surface area contributed by atoms with Gasteiger partial charge in [-0.25, -0.2) is 0 Å². The van der Waals surface area contributed by atoms with Gasteiger partial charge in [0.25, 0.3) is 0 Å². The molecule has 0 bridgehead atoms. The van der Waals surface area contributed by atoms with Crippen molar-refractivity contribution in [1.82, 2.24) is 0 Å². The van der Waals surface area contributed by atoms with E-state index in [2.05, 4.69) is 0 Å². The number of Topliss-reactive ketones (excluding diaryl/α,β-unsaturated/α-hetero) is 1.